The van der Waals surface area contributed by atoms with Crippen LogP contribution in [0.3, 0.4) is 0 Å². The summed E-state index contributed by atoms with van der Waals surface area (Å²) >= 11 is 0. The number of anilines is 1. The zero-order valence-corrected chi connectivity index (χ0v) is 6.82. The minimum atomic E-state index is -0.934. The van der Waals surface area contributed by atoms with Crippen molar-refractivity contribution >= 4 is 11.8 Å². The highest BCUT2D eigenvalue weighted by Crippen LogP contribution is 1.98. The quantitative estimate of drug-likeness (QED) is 0.610. The van der Waals surface area contributed by atoms with Crippen molar-refractivity contribution in [1.82, 2.24) is 4.98 Å². The van der Waals surface area contributed by atoms with Gasteiger partial charge in [-0.1, -0.05) is 11.8 Å². The number of hydrogen-bond acceptors (Lipinski definition) is 3. The first-order valence-corrected chi connectivity index (χ1v) is 3.60. The van der Waals surface area contributed by atoms with Gasteiger partial charge in [0.2, 0.25) is 0 Å². The van der Waals surface area contributed by atoms with Gasteiger partial charge in [0.15, 0.2) is 0 Å². The lowest BCUT2D eigenvalue weighted by atomic mass is 10.3. The third-order valence-corrected chi connectivity index (χ3v) is 1.26. The fourth-order valence-corrected chi connectivity index (χ4v) is 0.701. The van der Waals surface area contributed by atoms with Gasteiger partial charge in [0.25, 0.3) is 0 Å². The fraction of sp³-hybridized carbons (Fsp3) is 0.111. The average molecular weight is 176 g/mol. The van der Waals surface area contributed by atoms with Crippen molar-refractivity contribution in [2.24, 2.45) is 0 Å². The van der Waals surface area contributed by atoms with E-state index in [4.69, 9.17) is 10.8 Å². The van der Waals surface area contributed by atoms with Gasteiger partial charge < -0.3 is 10.8 Å². The number of carboxylic acids is 1. The second kappa shape index (κ2) is 4.12. The molecule has 4 nitrogen and oxygen atoms in total. The van der Waals surface area contributed by atoms with Gasteiger partial charge in [-0.05, 0) is 12.1 Å². The number of nitrogens with zero attached hydrogens (tertiary/aromatic N) is 1. The summed E-state index contributed by atoms with van der Waals surface area (Å²) in [5.41, 5.74) is 6.01. The van der Waals surface area contributed by atoms with Crippen LogP contribution < -0.4 is 5.73 Å². The fourth-order valence-electron chi connectivity index (χ4n) is 0.701. The maximum atomic E-state index is 10.1. The zero-order chi connectivity index (χ0) is 9.68. The van der Waals surface area contributed by atoms with Crippen molar-refractivity contribution in [2.45, 2.75) is 6.42 Å². The molecule has 0 spiro atoms. The molecule has 0 aliphatic rings. The number of rotatable bonds is 1. The Bertz CT molecular complexity index is 359. The van der Waals surface area contributed by atoms with Crippen molar-refractivity contribution in [2.75, 3.05) is 5.73 Å². The molecule has 0 aliphatic carbocycles. The van der Waals surface area contributed by atoms with E-state index >= 15 is 0 Å². The number of carbonyl (C=O) groups is 1. The van der Waals surface area contributed by atoms with Crippen LogP contribution in [0.2, 0.25) is 0 Å². The van der Waals surface area contributed by atoms with E-state index in [2.05, 4.69) is 16.8 Å². The van der Waals surface area contributed by atoms with Gasteiger partial charge in [0.1, 0.15) is 12.2 Å². The maximum absolute atomic E-state index is 10.1. The molecule has 0 atom stereocenters. The molecule has 1 heterocycles. The molecule has 3 N–H and O–H groups in total. The van der Waals surface area contributed by atoms with E-state index in [1.807, 2.05) is 0 Å². The Morgan fingerprint density at radius 2 is 2.38 bits per heavy atom. The van der Waals surface area contributed by atoms with Crippen LogP contribution in [0.5, 0.6) is 0 Å². The van der Waals surface area contributed by atoms with E-state index in [0.717, 1.165) is 0 Å². The van der Waals surface area contributed by atoms with Crippen molar-refractivity contribution < 1.29 is 9.90 Å². The van der Waals surface area contributed by atoms with Gasteiger partial charge >= 0.3 is 5.97 Å². The summed E-state index contributed by atoms with van der Waals surface area (Å²) < 4.78 is 0. The minimum Gasteiger partial charge on any atom is -0.481 e. The number of carboxylic acid groups (broad SMARTS) is 1. The van der Waals surface area contributed by atoms with Gasteiger partial charge in [-0.25, -0.2) is 4.98 Å². The van der Waals surface area contributed by atoms with Crippen LogP contribution in [0.15, 0.2) is 18.3 Å². The Hall–Kier alpha value is -2.02. The second-order valence-corrected chi connectivity index (χ2v) is 2.34. The SMILES string of the molecule is Nc1ccc(C#CCC(=O)O)cn1. The summed E-state index contributed by atoms with van der Waals surface area (Å²) in [6.45, 7) is 0. The van der Waals surface area contributed by atoms with Crippen molar-refractivity contribution in [3.63, 3.8) is 0 Å². The van der Waals surface area contributed by atoms with Gasteiger partial charge in [-0.3, -0.25) is 4.79 Å². The first-order valence-electron chi connectivity index (χ1n) is 3.60. The normalized spacial score (nSPS) is 8.62. The smallest absolute Gasteiger partial charge is 0.315 e. The highest BCUT2D eigenvalue weighted by molar-refractivity contribution is 5.70. The van der Waals surface area contributed by atoms with Crippen LogP contribution in [0, 0.1) is 11.8 Å². The molecule has 1 aromatic heterocycles. The van der Waals surface area contributed by atoms with E-state index < -0.39 is 5.97 Å². The monoisotopic (exact) mass is 176 g/mol. The number of nitrogen functional groups attached to an aromatic ring is 1. The lowest BCUT2D eigenvalue weighted by Gasteiger charge is -1.90. The summed E-state index contributed by atoms with van der Waals surface area (Å²) in [6, 6.07) is 3.31. The molecule has 66 valence electrons. The van der Waals surface area contributed by atoms with Crippen LogP contribution in [-0.2, 0) is 4.79 Å². The number of aromatic nitrogens is 1. The third-order valence-electron chi connectivity index (χ3n) is 1.26. The maximum Gasteiger partial charge on any atom is 0.315 e. The molecule has 1 aromatic rings. The van der Waals surface area contributed by atoms with Crippen molar-refractivity contribution in [3.05, 3.63) is 23.9 Å². The standard InChI is InChI=1S/C9H8N2O2/c10-8-5-4-7(6-11-8)2-1-3-9(12)13/h4-6H,3H2,(H2,10,11)(H,12,13). The Morgan fingerprint density at radius 1 is 1.62 bits per heavy atom. The van der Waals surface area contributed by atoms with Gasteiger partial charge in [-0.2, -0.15) is 0 Å². The van der Waals surface area contributed by atoms with Crippen molar-refractivity contribution in [1.29, 1.82) is 0 Å². The molecular weight excluding hydrogens is 168 g/mol. The molecule has 13 heavy (non-hydrogen) atoms. The van der Waals surface area contributed by atoms with Gasteiger partial charge in [-0.15, -0.1) is 0 Å². The molecule has 0 saturated heterocycles. The van der Waals surface area contributed by atoms with E-state index in [1.54, 1.807) is 12.1 Å². The van der Waals surface area contributed by atoms with Crippen LogP contribution in [0.1, 0.15) is 12.0 Å². The Morgan fingerprint density at radius 3 is 2.92 bits per heavy atom. The molecule has 0 bridgehead atoms. The molecular formula is C9H8N2O2. The number of hydrogen-bond donors (Lipinski definition) is 2. The molecule has 0 aromatic carbocycles. The Balaban J connectivity index is 2.67. The highest BCUT2D eigenvalue weighted by atomic mass is 16.4. The van der Waals surface area contributed by atoms with E-state index in [-0.39, 0.29) is 6.42 Å². The van der Waals surface area contributed by atoms with Crippen LogP contribution in [-0.4, -0.2) is 16.1 Å². The summed E-state index contributed by atoms with van der Waals surface area (Å²) in [6.07, 6.45) is 1.34. The summed E-state index contributed by atoms with van der Waals surface area (Å²) in [5, 5.41) is 8.30. The first-order chi connectivity index (χ1) is 6.18. The average Bonchev–Trinajstić information content (AvgIpc) is 2.08. The van der Waals surface area contributed by atoms with Crippen LogP contribution in [0.25, 0.3) is 0 Å². The highest BCUT2D eigenvalue weighted by Gasteiger charge is 1.90. The second-order valence-electron chi connectivity index (χ2n) is 2.34. The molecule has 0 aliphatic heterocycles. The lowest BCUT2D eigenvalue weighted by Crippen LogP contribution is -1.91. The lowest BCUT2D eigenvalue weighted by molar-refractivity contribution is -0.135. The van der Waals surface area contributed by atoms with Gasteiger partial charge in [0.05, 0.1) is 0 Å². The number of nitrogens with two attached hydrogens (primary N) is 1. The molecule has 0 saturated carbocycles. The number of aliphatic carboxylic acids is 1. The topological polar surface area (TPSA) is 76.2 Å². The van der Waals surface area contributed by atoms with E-state index in [1.165, 1.54) is 6.20 Å². The zero-order valence-electron chi connectivity index (χ0n) is 6.82. The molecule has 4 heteroatoms. The molecule has 0 unspecified atom stereocenters. The minimum absolute atomic E-state index is 0.162. The predicted molar refractivity (Wildman–Crippen MR) is 47.8 cm³/mol. The molecule has 0 fully saturated rings. The molecule has 0 amide bonds. The summed E-state index contributed by atoms with van der Waals surface area (Å²) in [4.78, 5) is 13.9. The van der Waals surface area contributed by atoms with Crippen molar-refractivity contribution in [3.8, 4) is 11.8 Å². The first kappa shape index (κ1) is 9.07. The molecule has 0 radical (unpaired) electrons. The summed E-state index contributed by atoms with van der Waals surface area (Å²) in [7, 11) is 0. The third kappa shape index (κ3) is 3.25. The van der Waals surface area contributed by atoms with Crippen LogP contribution in [0.4, 0.5) is 5.82 Å². The molecule has 1 rings (SSSR count). The van der Waals surface area contributed by atoms with Crippen LogP contribution >= 0.6 is 0 Å². The largest absolute Gasteiger partial charge is 0.481 e. The predicted octanol–water partition coefficient (Wildman–Crippen LogP) is 0.490. The van der Waals surface area contributed by atoms with Gasteiger partial charge in [0, 0.05) is 11.8 Å². The van der Waals surface area contributed by atoms with E-state index in [0.29, 0.717) is 11.4 Å². The Kier molecular flexibility index (Phi) is 2.87. The number of pyridine rings is 1. The Labute approximate surface area is 75.4 Å². The van der Waals surface area contributed by atoms with E-state index in [9.17, 15) is 4.79 Å². The summed E-state index contributed by atoms with van der Waals surface area (Å²) in [5.74, 6) is 4.63.